The summed E-state index contributed by atoms with van der Waals surface area (Å²) >= 11 is 3.75. The molecule has 0 N–H and O–H groups in total. The molecule has 2 heterocycles. The topological polar surface area (TPSA) is 0 Å². The van der Waals surface area contributed by atoms with Gasteiger partial charge in [0.2, 0.25) is 0 Å². The van der Waals surface area contributed by atoms with Crippen LogP contribution in [0.5, 0.6) is 0 Å². The summed E-state index contributed by atoms with van der Waals surface area (Å²) in [5.41, 5.74) is 21.6. The molecule has 0 aliphatic rings. The Morgan fingerprint density at radius 3 is 0.822 bits per heavy atom. The van der Waals surface area contributed by atoms with Gasteiger partial charge in [0.05, 0.1) is 0 Å². The highest BCUT2D eigenvalue weighted by atomic mass is 32.1. The first kappa shape index (κ1) is 52.2. The minimum absolute atomic E-state index is 1.16. The van der Waals surface area contributed by atoms with E-state index >= 15 is 0 Å². The van der Waals surface area contributed by atoms with E-state index in [1.165, 1.54) is 161 Å². The number of benzene rings is 16. The van der Waals surface area contributed by atoms with Crippen LogP contribution in [0.15, 0.2) is 328 Å². The zero-order chi connectivity index (χ0) is 59.2. The van der Waals surface area contributed by atoms with Crippen LogP contribution in [0.2, 0.25) is 0 Å². The number of fused-ring (bicyclic) bond motifs is 10. The molecule has 0 atom stereocenters. The third-order valence-corrected chi connectivity index (χ3v) is 20.9. The van der Waals surface area contributed by atoms with Crippen LogP contribution in [0.25, 0.3) is 184 Å². The van der Waals surface area contributed by atoms with E-state index in [9.17, 15) is 0 Å². The molecule has 0 saturated heterocycles. The van der Waals surface area contributed by atoms with Gasteiger partial charge in [0.15, 0.2) is 0 Å². The molecule has 0 unspecified atom stereocenters. The van der Waals surface area contributed by atoms with Crippen LogP contribution < -0.4 is 0 Å². The Kier molecular flexibility index (Phi) is 12.4. The van der Waals surface area contributed by atoms with Gasteiger partial charge in [-0.05, 0) is 222 Å². The molecular formula is C88H54S2. The van der Waals surface area contributed by atoms with Crippen LogP contribution in [-0.2, 0) is 0 Å². The number of hydrogen-bond donors (Lipinski definition) is 0. The largest absolute Gasteiger partial charge is 0.135 e. The monoisotopic (exact) mass is 1170 g/mol. The van der Waals surface area contributed by atoms with Gasteiger partial charge in [-0.2, -0.15) is 0 Å². The van der Waals surface area contributed by atoms with E-state index in [1.54, 1.807) is 0 Å². The SMILES string of the molecule is c1ccc(-c2cc(-c3cccc(-c4cccc(-c5cc(-c6ccccc6)cc(-c6c7ccccc7c(-c7ccc8sc9ccccc9c8c7)c7ccccc67)c5)c4)c3)cc(-c3c4ccccc4c(-c4ccc5c(c4)sc4ccccc45)c4ccccc34)c2)cc1. The highest BCUT2D eigenvalue weighted by Crippen LogP contribution is 2.50. The molecule has 16 aromatic carbocycles. The molecule has 90 heavy (non-hydrogen) atoms. The first-order valence-corrected chi connectivity index (χ1v) is 32.6. The van der Waals surface area contributed by atoms with Crippen molar-refractivity contribution >= 4 is 106 Å². The van der Waals surface area contributed by atoms with Crippen LogP contribution in [0.1, 0.15) is 0 Å². The summed E-state index contributed by atoms with van der Waals surface area (Å²) in [5.74, 6) is 0. The third kappa shape index (κ3) is 8.79. The van der Waals surface area contributed by atoms with Crippen molar-refractivity contribution in [1.29, 1.82) is 0 Å². The summed E-state index contributed by atoms with van der Waals surface area (Å²) in [6.45, 7) is 0. The van der Waals surface area contributed by atoms with Crippen molar-refractivity contribution in [2.75, 3.05) is 0 Å². The maximum atomic E-state index is 2.43. The fourth-order valence-electron chi connectivity index (χ4n) is 14.5. The van der Waals surface area contributed by atoms with E-state index in [-0.39, 0.29) is 0 Å². The van der Waals surface area contributed by atoms with E-state index in [0.29, 0.717) is 0 Å². The van der Waals surface area contributed by atoms with Gasteiger partial charge in [-0.25, -0.2) is 0 Å². The molecule has 0 spiro atoms. The van der Waals surface area contributed by atoms with Crippen molar-refractivity contribution in [3.05, 3.63) is 328 Å². The van der Waals surface area contributed by atoms with Crippen LogP contribution in [0.3, 0.4) is 0 Å². The lowest BCUT2D eigenvalue weighted by molar-refractivity contribution is 1.56. The highest BCUT2D eigenvalue weighted by molar-refractivity contribution is 7.26. The van der Waals surface area contributed by atoms with E-state index in [2.05, 4.69) is 328 Å². The van der Waals surface area contributed by atoms with Crippen molar-refractivity contribution in [2.45, 2.75) is 0 Å². The predicted molar refractivity (Wildman–Crippen MR) is 391 cm³/mol. The number of thiophene rings is 2. The molecule has 2 aromatic heterocycles. The van der Waals surface area contributed by atoms with Gasteiger partial charge >= 0.3 is 0 Å². The third-order valence-electron chi connectivity index (χ3n) is 18.6. The zero-order valence-corrected chi connectivity index (χ0v) is 50.6. The second-order valence-electron chi connectivity index (χ2n) is 23.8. The average molecular weight is 1180 g/mol. The summed E-state index contributed by atoms with van der Waals surface area (Å²) < 4.78 is 5.26. The van der Waals surface area contributed by atoms with E-state index < -0.39 is 0 Å². The van der Waals surface area contributed by atoms with E-state index in [4.69, 9.17) is 0 Å². The Balaban J connectivity index is 0.771. The van der Waals surface area contributed by atoms with Crippen molar-refractivity contribution in [2.24, 2.45) is 0 Å². The standard InChI is InChI=1S/C88H54S2/c1-3-21-55(22-4-1)63-47-65(51-67(49-63)87-76-35-11-7-31-72(76)85(73-32-8-12-36-77(73)87)61-42-44-83-80(53-61)70-30-16-18-40-82(70)89-83)59-27-19-25-57(45-59)58-26-20-28-60(46-58)66-48-64(56-23-5-2-6-24-56)50-68(52-66)88-78-37-13-9-33-74(78)86(75-34-10-14-38-79(75)88)62-41-43-71-69-29-15-17-39-81(69)90-84(71)54-62/h1-54H. The van der Waals surface area contributed by atoms with Gasteiger partial charge < -0.3 is 0 Å². The summed E-state index contributed by atoms with van der Waals surface area (Å²) in [6.07, 6.45) is 0. The van der Waals surface area contributed by atoms with Crippen LogP contribution in [0, 0.1) is 0 Å². The first-order valence-electron chi connectivity index (χ1n) is 30.9. The summed E-state index contributed by atoms with van der Waals surface area (Å²) in [4.78, 5) is 0. The van der Waals surface area contributed by atoms with Crippen LogP contribution in [0.4, 0.5) is 0 Å². The van der Waals surface area contributed by atoms with Crippen LogP contribution in [-0.4, -0.2) is 0 Å². The summed E-state index contributed by atoms with van der Waals surface area (Å²) in [5, 5.41) is 15.2. The van der Waals surface area contributed by atoms with Crippen molar-refractivity contribution in [3.63, 3.8) is 0 Å². The lowest BCUT2D eigenvalue weighted by Gasteiger charge is -2.19. The average Bonchev–Trinajstić information content (AvgIpc) is 0.857. The van der Waals surface area contributed by atoms with Gasteiger partial charge in [0.1, 0.15) is 0 Å². The molecule has 2 heteroatoms. The summed E-state index contributed by atoms with van der Waals surface area (Å²) in [6, 6.07) is 123. The van der Waals surface area contributed by atoms with Gasteiger partial charge in [0.25, 0.3) is 0 Å². The number of rotatable bonds is 9. The molecule has 418 valence electrons. The van der Waals surface area contributed by atoms with Crippen molar-refractivity contribution in [1.82, 2.24) is 0 Å². The molecule has 0 amide bonds. The minimum Gasteiger partial charge on any atom is -0.135 e. The molecule has 0 aliphatic carbocycles. The zero-order valence-electron chi connectivity index (χ0n) is 49.0. The number of hydrogen-bond acceptors (Lipinski definition) is 2. The van der Waals surface area contributed by atoms with Gasteiger partial charge in [0, 0.05) is 40.3 Å². The molecular weight excluding hydrogens is 1120 g/mol. The maximum absolute atomic E-state index is 2.43. The molecule has 0 fully saturated rings. The molecule has 0 saturated carbocycles. The first-order chi connectivity index (χ1) is 44.6. The fourth-order valence-corrected chi connectivity index (χ4v) is 16.7. The lowest BCUT2D eigenvalue weighted by atomic mass is 9.84. The Labute approximate surface area is 530 Å². The Morgan fingerprint density at radius 2 is 0.389 bits per heavy atom. The van der Waals surface area contributed by atoms with Gasteiger partial charge in [-0.1, -0.05) is 249 Å². The summed E-state index contributed by atoms with van der Waals surface area (Å²) in [7, 11) is 0. The van der Waals surface area contributed by atoms with Gasteiger partial charge in [-0.3, -0.25) is 0 Å². The van der Waals surface area contributed by atoms with E-state index in [1.807, 2.05) is 22.7 Å². The van der Waals surface area contributed by atoms with Crippen LogP contribution >= 0.6 is 22.7 Å². The van der Waals surface area contributed by atoms with Crippen molar-refractivity contribution < 1.29 is 0 Å². The normalized spacial score (nSPS) is 11.8. The fraction of sp³-hybridized carbons (Fsp3) is 0. The Bertz CT molecular complexity index is 5790. The van der Waals surface area contributed by atoms with Crippen molar-refractivity contribution in [3.8, 4) is 100 Å². The van der Waals surface area contributed by atoms with Gasteiger partial charge in [-0.15, -0.1) is 22.7 Å². The second kappa shape index (κ2) is 21.4. The molecule has 18 aromatic rings. The molecule has 0 bridgehead atoms. The Hall–Kier alpha value is -11.0. The molecule has 0 aliphatic heterocycles. The quantitative estimate of drug-likeness (QED) is 0.126. The van der Waals surface area contributed by atoms with E-state index in [0.717, 1.165) is 22.3 Å². The Morgan fingerprint density at radius 1 is 0.122 bits per heavy atom. The lowest BCUT2D eigenvalue weighted by Crippen LogP contribution is -1.92. The molecule has 18 rings (SSSR count). The molecule has 0 nitrogen and oxygen atoms in total. The predicted octanol–water partition coefficient (Wildman–Crippen LogP) is 26.0. The smallest absolute Gasteiger partial charge is 0.0361 e. The minimum atomic E-state index is 1.16. The highest BCUT2D eigenvalue weighted by Gasteiger charge is 2.22. The maximum Gasteiger partial charge on any atom is 0.0361 e. The molecule has 0 radical (unpaired) electrons. The second-order valence-corrected chi connectivity index (χ2v) is 26.0.